The molecule has 0 aromatic rings. The minimum absolute atomic E-state index is 0. The molecule has 0 spiro atoms. The molecule has 27 heavy (non-hydrogen) atoms. The normalized spacial score (nSPS) is 25.9. The Labute approximate surface area is 158 Å². The summed E-state index contributed by atoms with van der Waals surface area (Å²) in [4.78, 5) is 39.8. The maximum Gasteiger partial charge on any atom is 0.410 e. The van der Waals surface area contributed by atoms with Gasteiger partial charge >= 0.3 is 12.1 Å². The summed E-state index contributed by atoms with van der Waals surface area (Å²) in [7, 11) is 0. The van der Waals surface area contributed by atoms with Crippen LogP contribution < -0.4 is 5.32 Å². The van der Waals surface area contributed by atoms with E-state index >= 15 is 0 Å². The number of fused-ring (bicyclic) bond motifs is 2. The number of rotatable bonds is 2. The van der Waals surface area contributed by atoms with Crippen LogP contribution in [0.3, 0.4) is 0 Å². The molecule has 4 N–H and O–H groups in total. The maximum atomic E-state index is 12.6. The minimum atomic E-state index is -0.528. The summed E-state index contributed by atoms with van der Waals surface area (Å²) in [5, 5.41) is 13.5. The van der Waals surface area contributed by atoms with Crippen LogP contribution in [-0.2, 0) is 9.53 Å². The van der Waals surface area contributed by atoms with E-state index in [-0.39, 0.29) is 29.6 Å². The van der Waals surface area contributed by atoms with Gasteiger partial charge < -0.3 is 25.3 Å². The van der Waals surface area contributed by atoms with Gasteiger partial charge in [-0.25, -0.2) is 14.7 Å². The van der Waals surface area contributed by atoms with Gasteiger partial charge in [-0.2, -0.15) is 0 Å². The quantitative estimate of drug-likeness (QED) is 0.660. The SMILES string of the molecule is CC(C)(C)OC(=O)N1CCC(NC(=O)[C@@H]2CC[C@@H]3CN2C(=O)N3O)CC1.O. The van der Waals surface area contributed by atoms with Crippen LogP contribution in [0.15, 0.2) is 0 Å². The Balaban J connectivity index is 0.00000261. The highest BCUT2D eigenvalue weighted by Gasteiger charge is 2.47. The van der Waals surface area contributed by atoms with Crippen molar-refractivity contribution >= 4 is 18.0 Å². The molecule has 154 valence electrons. The average Bonchev–Trinajstić information content (AvgIpc) is 2.78. The molecule has 2 bridgehead atoms. The van der Waals surface area contributed by atoms with Crippen LogP contribution in [-0.4, -0.2) is 86.9 Å². The summed E-state index contributed by atoms with van der Waals surface area (Å²) in [5.74, 6) is -0.178. The molecule has 10 nitrogen and oxygen atoms in total. The van der Waals surface area contributed by atoms with Crippen LogP contribution in [0.4, 0.5) is 9.59 Å². The van der Waals surface area contributed by atoms with Gasteiger partial charge in [0.1, 0.15) is 11.6 Å². The molecular formula is C17H30N4O6. The Bertz CT molecular complexity index is 584. The summed E-state index contributed by atoms with van der Waals surface area (Å²) in [6, 6.07) is -1.25. The minimum Gasteiger partial charge on any atom is -0.444 e. The van der Waals surface area contributed by atoms with Crippen molar-refractivity contribution in [2.75, 3.05) is 19.6 Å². The predicted octanol–water partition coefficient (Wildman–Crippen LogP) is 0.335. The average molecular weight is 386 g/mol. The van der Waals surface area contributed by atoms with Crippen molar-refractivity contribution in [2.45, 2.75) is 70.2 Å². The van der Waals surface area contributed by atoms with Crippen molar-refractivity contribution in [1.29, 1.82) is 0 Å². The molecule has 0 radical (unpaired) electrons. The maximum absolute atomic E-state index is 12.6. The zero-order valence-corrected chi connectivity index (χ0v) is 16.1. The fourth-order valence-electron chi connectivity index (χ4n) is 3.75. The van der Waals surface area contributed by atoms with Gasteiger partial charge in [0.15, 0.2) is 0 Å². The fourth-order valence-corrected chi connectivity index (χ4v) is 3.75. The second-order valence-corrected chi connectivity index (χ2v) is 8.28. The van der Waals surface area contributed by atoms with Gasteiger partial charge in [0.2, 0.25) is 5.91 Å². The van der Waals surface area contributed by atoms with Crippen LogP contribution in [0.2, 0.25) is 0 Å². The first-order valence-corrected chi connectivity index (χ1v) is 9.23. The van der Waals surface area contributed by atoms with E-state index in [9.17, 15) is 19.6 Å². The van der Waals surface area contributed by atoms with Gasteiger partial charge in [0, 0.05) is 25.7 Å². The number of hydroxylamine groups is 2. The number of hydrogen-bond donors (Lipinski definition) is 2. The van der Waals surface area contributed by atoms with Crippen LogP contribution in [0.25, 0.3) is 0 Å². The summed E-state index contributed by atoms with van der Waals surface area (Å²) in [6.45, 7) is 6.95. The van der Waals surface area contributed by atoms with Crippen molar-refractivity contribution < 1.29 is 29.8 Å². The predicted molar refractivity (Wildman–Crippen MR) is 95.1 cm³/mol. The topological polar surface area (TPSA) is 134 Å². The molecule has 10 heteroatoms. The van der Waals surface area contributed by atoms with E-state index in [1.165, 1.54) is 4.90 Å². The number of carbonyl (C=O) groups excluding carboxylic acids is 3. The summed E-state index contributed by atoms with van der Waals surface area (Å²) in [6.07, 6.45) is 2.15. The summed E-state index contributed by atoms with van der Waals surface area (Å²) in [5.41, 5.74) is -0.524. The van der Waals surface area contributed by atoms with E-state index in [1.54, 1.807) is 4.90 Å². The lowest BCUT2D eigenvalue weighted by Gasteiger charge is -2.35. The third kappa shape index (κ3) is 4.62. The number of nitrogens with one attached hydrogen (secondary N) is 1. The van der Waals surface area contributed by atoms with Gasteiger partial charge in [0.05, 0.1) is 6.04 Å². The third-order valence-electron chi connectivity index (χ3n) is 5.14. The molecule has 0 saturated carbocycles. The van der Waals surface area contributed by atoms with Crippen LogP contribution >= 0.6 is 0 Å². The van der Waals surface area contributed by atoms with Crippen molar-refractivity contribution in [3.05, 3.63) is 0 Å². The van der Waals surface area contributed by atoms with E-state index in [4.69, 9.17) is 4.74 Å². The third-order valence-corrected chi connectivity index (χ3v) is 5.14. The highest BCUT2D eigenvalue weighted by Crippen LogP contribution is 2.28. The largest absolute Gasteiger partial charge is 0.444 e. The number of hydrogen-bond acceptors (Lipinski definition) is 5. The first-order valence-electron chi connectivity index (χ1n) is 9.23. The zero-order chi connectivity index (χ0) is 19.1. The second kappa shape index (κ2) is 7.89. The van der Waals surface area contributed by atoms with Crippen molar-refractivity contribution in [3.63, 3.8) is 0 Å². The molecule has 3 saturated heterocycles. The standard InChI is InChI=1S/C17H28N4O5.H2O/c1-17(2,3)26-16(24)19-8-6-11(7-9-19)18-14(22)13-5-4-12-10-20(13)15(23)21(12)25;/h11-13,25H,4-10H2,1-3H3,(H,18,22);1H2/t12-,13+;/m1./s1. The highest BCUT2D eigenvalue weighted by atomic mass is 16.6. The lowest BCUT2D eigenvalue weighted by Crippen LogP contribution is -2.54. The number of likely N-dealkylation sites (tertiary alicyclic amines) is 1. The molecule has 0 unspecified atom stereocenters. The monoisotopic (exact) mass is 386 g/mol. The van der Waals surface area contributed by atoms with Gasteiger partial charge in [-0.1, -0.05) is 0 Å². The Morgan fingerprint density at radius 1 is 1.15 bits per heavy atom. The van der Waals surface area contributed by atoms with Gasteiger partial charge in [-0.05, 0) is 46.5 Å². The van der Waals surface area contributed by atoms with E-state index in [2.05, 4.69) is 5.32 Å². The lowest BCUT2D eigenvalue weighted by atomic mass is 9.99. The Kier molecular flexibility index (Phi) is 6.21. The summed E-state index contributed by atoms with van der Waals surface area (Å²) >= 11 is 0. The van der Waals surface area contributed by atoms with Gasteiger partial charge in [-0.15, -0.1) is 0 Å². The van der Waals surface area contributed by atoms with E-state index in [0.29, 0.717) is 45.3 Å². The molecule has 3 aliphatic heterocycles. The van der Waals surface area contributed by atoms with Crippen molar-refractivity contribution in [2.24, 2.45) is 0 Å². The number of ether oxygens (including phenoxy) is 1. The molecule has 0 aromatic carbocycles. The molecule has 3 heterocycles. The molecule has 3 rings (SSSR count). The van der Waals surface area contributed by atoms with Gasteiger partial charge in [-0.3, -0.25) is 10.0 Å². The lowest BCUT2D eigenvalue weighted by molar-refractivity contribution is -0.127. The number of nitrogens with zero attached hydrogens (tertiary/aromatic N) is 3. The Morgan fingerprint density at radius 3 is 2.37 bits per heavy atom. The molecule has 0 aliphatic carbocycles. The number of piperidine rings is 2. The Morgan fingerprint density at radius 2 is 1.78 bits per heavy atom. The second-order valence-electron chi connectivity index (χ2n) is 8.28. The van der Waals surface area contributed by atoms with Crippen LogP contribution in [0.5, 0.6) is 0 Å². The number of urea groups is 1. The van der Waals surface area contributed by atoms with E-state index in [0.717, 1.165) is 5.06 Å². The zero-order valence-electron chi connectivity index (χ0n) is 16.1. The first kappa shape index (κ1) is 21.2. The first-order chi connectivity index (χ1) is 12.2. The molecule has 4 amide bonds. The highest BCUT2D eigenvalue weighted by molar-refractivity contribution is 5.88. The molecular weight excluding hydrogens is 356 g/mol. The van der Waals surface area contributed by atoms with Gasteiger partial charge in [0.25, 0.3) is 0 Å². The van der Waals surface area contributed by atoms with E-state index < -0.39 is 17.7 Å². The number of amides is 4. The van der Waals surface area contributed by atoms with Crippen molar-refractivity contribution in [3.8, 4) is 0 Å². The van der Waals surface area contributed by atoms with Crippen LogP contribution in [0.1, 0.15) is 46.5 Å². The molecule has 3 fully saturated rings. The Hall–Kier alpha value is -2.07. The molecule has 2 atom stereocenters. The van der Waals surface area contributed by atoms with Crippen LogP contribution in [0, 0.1) is 0 Å². The molecule has 0 aromatic heterocycles. The fraction of sp³-hybridized carbons (Fsp3) is 0.824. The summed E-state index contributed by atoms with van der Waals surface area (Å²) < 4.78 is 5.37. The number of carbonyl (C=O) groups is 3. The smallest absolute Gasteiger partial charge is 0.410 e. The molecule has 3 aliphatic rings. The van der Waals surface area contributed by atoms with Crippen molar-refractivity contribution in [1.82, 2.24) is 20.2 Å². The van der Waals surface area contributed by atoms with E-state index in [1.807, 2.05) is 20.8 Å².